The molecule has 2 N–H and O–H groups in total. The van der Waals surface area contributed by atoms with Crippen molar-refractivity contribution in [3.63, 3.8) is 0 Å². The molecule has 3 atom stereocenters. The van der Waals surface area contributed by atoms with E-state index in [-0.39, 0.29) is 25.9 Å². The second-order valence-electron chi connectivity index (χ2n) is 19.8. The second kappa shape index (κ2) is 56.1. The standard InChI is InChI=1S/C62H109O11P/c1-4-7-10-13-16-19-22-25-28-29-32-35-38-41-44-47-50-53-62(66)73-59(55-69-60(64)51-48-45-42-39-36-33-30-26-23-20-17-14-11-8-5-2)57-71-74(67,68)70-56-58(54-63)72-61(65)52-49-46-43-40-37-34-31-27-24-21-18-15-12-9-6-3/h8,11,16-17,19-20,25-28,30-31,58-59,63H,4-7,9-10,12-15,18,21-24,29,32-57H2,1-3H3,(H,67,68)/b11-8-,19-16-,20-17-,28-25-,30-26-,31-27-. The number of esters is 3. The van der Waals surface area contributed by atoms with Crippen LogP contribution in [0.3, 0.4) is 0 Å². The van der Waals surface area contributed by atoms with Crippen LogP contribution in [0.5, 0.6) is 0 Å². The van der Waals surface area contributed by atoms with Gasteiger partial charge in [0.25, 0.3) is 0 Å². The normalized spacial score (nSPS) is 13.9. The molecule has 0 fully saturated rings. The Morgan fingerprint density at radius 3 is 1.12 bits per heavy atom. The molecule has 3 unspecified atom stereocenters. The number of carbonyl (C=O) groups excluding carboxylic acids is 3. The fourth-order valence-electron chi connectivity index (χ4n) is 8.04. The van der Waals surface area contributed by atoms with Crippen LogP contribution in [0.25, 0.3) is 0 Å². The number of ether oxygens (including phenoxy) is 3. The maximum Gasteiger partial charge on any atom is 0.472 e. The number of aliphatic hydroxyl groups excluding tert-OH is 1. The van der Waals surface area contributed by atoms with Gasteiger partial charge in [0, 0.05) is 19.3 Å². The van der Waals surface area contributed by atoms with Crippen LogP contribution in [0, 0.1) is 0 Å². The first-order valence-electron chi connectivity index (χ1n) is 29.8. The zero-order chi connectivity index (χ0) is 54.1. The summed E-state index contributed by atoms with van der Waals surface area (Å²) in [6, 6.07) is 0. The highest BCUT2D eigenvalue weighted by Gasteiger charge is 2.28. The summed E-state index contributed by atoms with van der Waals surface area (Å²) in [6.07, 6.45) is 62.8. The van der Waals surface area contributed by atoms with E-state index in [2.05, 4.69) is 93.7 Å². The van der Waals surface area contributed by atoms with E-state index in [0.29, 0.717) is 19.3 Å². The first-order chi connectivity index (χ1) is 36.2. The SMILES string of the molecule is CC/C=C\C/C=C\C/C=C\CCCCCCCC(=O)OCC(COP(=O)(O)OCC(CO)OC(=O)CCCCCCC/C=C\CCCCCCCC)OC(=O)CCCCCCCCC/C=C\C/C=C\CCCCC. The van der Waals surface area contributed by atoms with E-state index in [1.54, 1.807) is 0 Å². The minimum Gasteiger partial charge on any atom is -0.462 e. The molecule has 0 radical (unpaired) electrons. The molecule has 0 heterocycles. The van der Waals surface area contributed by atoms with E-state index in [1.807, 2.05) is 0 Å². The molecule has 0 aliphatic rings. The van der Waals surface area contributed by atoms with Crippen molar-refractivity contribution in [3.8, 4) is 0 Å². The van der Waals surface area contributed by atoms with Crippen molar-refractivity contribution >= 4 is 25.7 Å². The topological polar surface area (TPSA) is 155 Å². The van der Waals surface area contributed by atoms with Crippen molar-refractivity contribution in [1.29, 1.82) is 0 Å². The minimum atomic E-state index is -4.76. The van der Waals surface area contributed by atoms with Crippen LogP contribution in [0.4, 0.5) is 0 Å². The van der Waals surface area contributed by atoms with Crippen molar-refractivity contribution in [2.24, 2.45) is 0 Å². The number of unbranched alkanes of at least 4 members (excludes halogenated alkanes) is 26. The third kappa shape index (κ3) is 53.7. The van der Waals surface area contributed by atoms with Crippen molar-refractivity contribution in [3.05, 3.63) is 72.9 Å². The zero-order valence-corrected chi connectivity index (χ0v) is 48.2. The number of allylic oxidation sites excluding steroid dienone is 12. The van der Waals surface area contributed by atoms with Gasteiger partial charge in [0.15, 0.2) is 6.10 Å². The number of aliphatic hydroxyl groups is 1. The van der Waals surface area contributed by atoms with Crippen LogP contribution in [0.15, 0.2) is 72.9 Å². The highest BCUT2D eigenvalue weighted by atomic mass is 31.2. The van der Waals surface area contributed by atoms with E-state index in [1.165, 1.54) is 77.0 Å². The van der Waals surface area contributed by atoms with Crippen molar-refractivity contribution in [2.75, 3.05) is 26.4 Å². The first-order valence-corrected chi connectivity index (χ1v) is 31.3. The molecule has 0 spiro atoms. The molecule has 0 aliphatic carbocycles. The maximum atomic E-state index is 12.9. The Balaban J connectivity index is 4.75. The van der Waals surface area contributed by atoms with Crippen LogP contribution in [0.2, 0.25) is 0 Å². The molecule has 0 rings (SSSR count). The Kier molecular flexibility index (Phi) is 53.8. The van der Waals surface area contributed by atoms with Crippen LogP contribution in [-0.4, -0.2) is 66.5 Å². The summed E-state index contributed by atoms with van der Waals surface area (Å²) in [5, 5.41) is 9.82. The lowest BCUT2D eigenvalue weighted by Gasteiger charge is -2.21. The van der Waals surface area contributed by atoms with Crippen molar-refractivity contribution < 1.29 is 52.2 Å². The Morgan fingerprint density at radius 1 is 0.392 bits per heavy atom. The van der Waals surface area contributed by atoms with Crippen molar-refractivity contribution in [2.45, 2.75) is 277 Å². The van der Waals surface area contributed by atoms with Gasteiger partial charge in [-0.3, -0.25) is 23.4 Å². The van der Waals surface area contributed by atoms with Gasteiger partial charge >= 0.3 is 25.7 Å². The molecule has 428 valence electrons. The molecule has 0 saturated carbocycles. The van der Waals surface area contributed by atoms with Gasteiger partial charge in [0.05, 0.1) is 19.8 Å². The van der Waals surface area contributed by atoms with E-state index in [0.717, 1.165) is 128 Å². The van der Waals surface area contributed by atoms with Crippen LogP contribution in [-0.2, 0) is 42.2 Å². The van der Waals surface area contributed by atoms with E-state index in [9.17, 15) is 28.9 Å². The van der Waals surface area contributed by atoms with E-state index in [4.69, 9.17) is 23.3 Å². The number of carbonyl (C=O) groups is 3. The largest absolute Gasteiger partial charge is 0.472 e. The number of hydrogen-bond acceptors (Lipinski definition) is 10. The van der Waals surface area contributed by atoms with Gasteiger partial charge in [-0.05, 0) is 109 Å². The average Bonchev–Trinajstić information content (AvgIpc) is 3.39. The lowest BCUT2D eigenvalue weighted by Crippen LogP contribution is -2.30. The van der Waals surface area contributed by atoms with Gasteiger partial charge in [-0.15, -0.1) is 0 Å². The molecule has 0 aromatic rings. The van der Waals surface area contributed by atoms with Gasteiger partial charge in [0.1, 0.15) is 12.7 Å². The van der Waals surface area contributed by atoms with Gasteiger partial charge in [0.2, 0.25) is 0 Å². The quantitative estimate of drug-likeness (QED) is 0.0197. The van der Waals surface area contributed by atoms with Crippen molar-refractivity contribution in [1.82, 2.24) is 0 Å². The summed E-state index contributed by atoms with van der Waals surface area (Å²) in [7, 11) is -4.76. The molecule has 0 aromatic carbocycles. The maximum absolute atomic E-state index is 12.9. The number of rotatable bonds is 55. The third-order valence-corrected chi connectivity index (χ3v) is 13.5. The molecule has 11 nitrogen and oxygen atoms in total. The fraction of sp³-hybridized carbons (Fsp3) is 0.758. The Labute approximate surface area is 452 Å². The molecule has 0 bridgehead atoms. The number of hydrogen-bond donors (Lipinski definition) is 2. The van der Waals surface area contributed by atoms with Gasteiger partial charge in [-0.2, -0.15) is 0 Å². The van der Waals surface area contributed by atoms with Crippen LogP contribution < -0.4 is 0 Å². The Bertz CT molecular complexity index is 1520. The van der Waals surface area contributed by atoms with Gasteiger partial charge in [-0.1, -0.05) is 209 Å². The van der Waals surface area contributed by atoms with Crippen LogP contribution >= 0.6 is 7.82 Å². The second-order valence-corrected chi connectivity index (χ2v) is 21.2. The number of phosphoric acid groups is 1. The minimum absolute atomic E-state index is 0.153. The highest BCUT2D eigenvalue weighted by molar-refractivity contribution is 7.47. The summed E-state index contributed by atoms with van der Waals surface area (Å²) in [6.45, 7) is 4.48. The Morgan fingerprint density at radius 2 is 0.703 bits per heavy atom. The molecule has 0 aromatic heterocycles. The average molecular weight is 1060 g/mol. The highest BCUT2D eigenvalue weighted by Crippen LogP contribution is 2.43. The summed E-state index contributed by atoms with van der Waals surface area (Å²) in [4.78, 5) is 48.6. The third-order valence-electron chi connectivity index (χ3n) is 12.6. The lowest BCUT2D eigenvalue weighted by molar-refractivity contribution is -0.161. The molecule has 12 heteroatoms. The number of phosphoric ester groups is 1. The van der Waals surface area contributed by atoms with E-state index >= 15 is 0 Å². The molecule has 0 aliphatic heterocycles. The zero-order valence-electron chi connectivity index (χ0n) is 47.3. The lowest BCUT2D eigenvalue weighted by atomic mass is 10.1. The van der Waals surface area contributed by atoms with E-state index < -0.39 is 57.8 Å². The fourth-order valence-corrected chi connectivity index (χ4v) is 8.83. The molecule has 0 saturated heterocycles. The monoisotopic (exact) mass is 1060 g/mol. The summed E-state index contributed by atoms with van der Waals surface area (Å²) >= 11 is 0. The summed E-state index contributed by atoms with van der Waals surface area (Å²) < 4.78 is 39.5. The van der Waals surface area contributed by atoms with Gasteiger partial charge < -0.3 is 24.2 Å². The Hall–Kier alpha value is -3.08. The first kappa shape index (κ1) is 70.9. The smallest absolute Gasteiger partial charge is 0.462 e. The predicted molar refractivity (Wildman–Crippen MR) is 307 cm³/mol. The molecular weight excluding hydrogens is 952 g/mol. The molecule has 0 amide bonds. The molecular formula is C62H109O11P. The summed E-state index contributed by atoms with van der Waals surface area (Å²) in [5.41, 5.74) is 0. The van der Waals surface area contributed by atoms with Crippen LogP contribution in [0.1, 0.15) is 265 Å². The predicted octanol–water partition coefficient (Wildman–Crippen LogP) is 17.7. The summed E-state index contributed by atoms with van der Waals surface area (Å²) in [5.74, 6) is -1.50. The van der Waals surface area contributed by atoms with Gasteiger partial charge in [-0.25, -0.2) is 4.57 Å². The molecule has 74 heavy (non-hydrogen) atoms.